The predicted octanol–water partition coefficient (Wildman–Crippen LogP) is 3.44. The lowest BCUT2D eigenvalue weighted by molar-refractivity contribution is 0.422. The van der Waals surface area contributed by atoms with E-state index in [0.717, 1.165) is 18.2 Å². The Labute approximate surface area is 137 Å². The van der Waals surface area contributed by atoms with Crippen molar-refractivity contribution in [1.82, 2.24) is 0 Å². The number of aliphatic imine (C=N–C) groups is 1. The lowest BCUT2D eigenvalue weighted by Crippen LogP contribution is -2.23. The fourth-order valence-electron chi connectivity index (χ4n) is 4.13. The van der Waals surface area contributed by atoms with Crippen LogP contribution in [0.2, 0.25) is 0 Å². The van der Waals surface area contributed by atoms with Crippen molar-refractivity contribution >= 4 is 23.4 Å². The Balaban J connectivity index is 1.33. The fourth-order valence-corrected chi connectivity index (χ4v) is 5.43. The van der Waals surface area contributed by atoms with Crippen LogP contribution in [0.3, 0.4) is 0 Å². The second kappa shape index (κ2) is 5.80. The van der Waals surface area contributed by atoms with Gasteiger partial charge in [-0.15, -0.1) is 0 Å². The second-order valence-corrected chi connectivity index (χ2v) is 8.29. The van der Waals surface area contributed by atoms with Crippen LogP contribution >= 0.6 is 11.8 Å². The van der Waals surface area contributed by atoms with Crippen molar-refractivity contribution in [2.24, 2.45) is 22.1 Å². The summed E-state index contributed by atoms with van der Waals surface area (Å²) in [6.07, 6.45) is 7.84. The minimum absolute atomic E-state index is 0.574. The van der Waals surface area contributed by atoms with Crippen LogP contribution in [0, 0.1) is 11.3 Å². The molecule has 1 aromatic carbocycles. The third-order valence-corrected chi connectivity index (χ3v) is 6.69. The molecular weight excluding hydrogens is 290 g/mol. The molecule has 3 N–H and O–H groups in total. The SMILES string of the molecule is NC(=NCC1CC12CCSCC2)Nc1ccc2c(c1)CCC2. The van der Waals surface area contributed by atoms with Gasteiger partial charge in [0.2, 0.25) is 0 Å². The van der Waals surface area contributed by atoms with Crippen molar-refractivity contribution in [2.75, 3.05) is 23.4 Å². The van der Waals surface area contributed by atoms with E-state index in [0.29, 0.717) is 11.4 Å². The number of guanidine groups is 1. The van der Waals surface area contributed by atoms with Crippen LogP contribution in [0.1, 0.15) is 36.8 Å². The van der Waals surface area contributed by atoms with E-state index in [9.17, 15) is 0 Å². The lowest BCUT2D eigenvalue weighted by Gasteiger charge is -2.21. The third-order valence-electron chi connectivity index (χ3n) is 5.70. The Morgan fingerprint density at radius 2 is 2.09 bits per heavy atom. The maximum absolute atomic E-state index is 6.08. The highest BCUT2D eigenvalue weighted by Gasteiger charge is 2.53. The van der Waals surface area contributed by atoms with E-state index >= 15 is 0 Å². The van der Waals surface area contributed by atoms with Crippen LogP contribution in [-0.2, 0) is 12.8 Å². The molecule has 1 unspecified atom stereocenters. The van der Waals surface area contributed by atoms with E-state index in [1.165, 1.54) is 61.2 Å². The van der Waals surface area contributed by atoms with Gasteiger partial charge in [0.05, 0.1) is 0 Å². The monoisotopic (exact) mass is 315 g/mol. The van der Waals surface area contributed by atoms with Crippen LogP contribution in [0.4, 0.5) is 5.69 Å². The molecule has 22 heavy (non-hydrogen) atoms. The van der Waals surface area contributed by atoms with Gasteiger partial charge in [-0.3, -0.25) is 4.99 Å². The topological polar surface area (TPSA) is 50.4 Å². The third kappa shape index (κ3) is 2.85. The average molecular weight is 315 g/mol. The van der Waals surface area contributed by atoms with Crippen molar-refractivity contribution in [3.05, 3.63) is 29.3 Å². The van der Waals surface area contributed by atoms with E-state index in [-0.39, 0.29) is 0 Å². The van der Waals surface area contributed by atoms with Gasteiger partial charge in [0.25, 0.3) is 0 Å². The summed E-state index contributed by atoms with van der Waals surface area (Å²) in [5, 5.41) is 3.27. The predicted molar refractivity (Wildman–Crippen MR) is 95.7 cm³/mol. The molecule has 1 saturated carbocycles. The molecule has 0 radical (unpaired) electrons. The van der Waals surface area contributed by atoms with Gasteiger partial charge in [0.15, 0.2) is 5.96 Å². The van der Waals surface area contributed by atoms with Crippen molar-refractivity contribution in [3.63, 3.8) is 0 Å². The highest BCUT2D eigenvalue weighted by atomic mass is 32.2. The van der Waals surface area contributed by atoms with Gasteiger partial charge in [0.1, 0.15) is 0 Å². The number of fused-ring (bicyclic) bond motifs is 1. The molecule has 0 aromatic heterocycles. The molecule has 3 nitrogen and oxygen atoms in total. The number of hydrogen-bond acceptors (Lipinski definition) is 2. The molecule has 2 fully saturated rings. The summed E-state index contributed by atoms with van der Waals surface area (Å²) in [6.45, 7) is 0.897. The molecule has 1 heterocycles. The van der Waals surface area contributed by atoms with Gasteiger partial charge in [-0.2, -0.15) is 11.8 Å². The highest BCUT2D eigenvalue weighted by molar-refractivity contribution is 7.99. The fraction of sp³-hybridized carbons (Fsp3) is 0.611. The zero-order chi connectivity index (χ0) is 15.0. The Hall–Kier alpha value is -1.16. The van der Waals surface area contributed by atoms with Crippen molar-refractivity contribution in [2.45, 2.75) is 38.5 Å². The van der Waals surface area contributed by atoms with Crippen molar-refractivity contribution in [1.29, 1.82) is 0 Å². The van der Waals surface area contributed by atoms with Crippen LogP contribution in [0.5, 0.6) is 0 Å². The molecule has 4 heteroatoms. The number of hydrogen-bond donors (Lipinski definition) is 2. The van der Waals surface area contributed by atoms with E-state index < -0.39 is 0 Å². The Morgan fingerprint density at radius 1 is 1.27 bits per heavy atom. The van der Waals surface area contributed by atoms with Gasteiger partial charge in [-0.25, -0.2) is 0 Å². The van der Waals surface area contributed by atoms with Gasteiger partial charge in [-0.1, -0.05) is 6.07 Å². The van der Waals surface area contributed by atoms with Gasteiger partial charge in [0, 0.05) is 12.2 Å². The zero-order valence-electron chi connectivity index (χ0n) is 13.1. The van der Waals surface area contributed by atoms with Crippen molar-refractivity contribution < 1.29 is 0 Å². The molecule has 3 aliphatic rings. The number of anilines is 1. The molecule has 1 aliphatic heterocycles. The molecule has 1 aromatic rings. The summed E-state index contributed by atoms with van der Waals surface area (Å²) in [6, 6.07) is 6.60. The normalized spacial score (nSPS) is 26.0. The smallest absolute Gasteiger partial charge is 0.193 e. The summed E-state index contributed by atoms with van der Waals surface area (Å²) in [7, 11) is 0. The number of benzene rings is 1. The molecule has 1 saturated heterocycles. The van der Waals surface area contributed by atoms with Crippen LogP contribution < -0.4 is 11.1 Å². The quantitative estimate of drug-likeness (QED) is 0.663. The first kappa shape index (κ1) is 14.4. The van der Waals surface area contributed by atoms with Gasteiger partial charge < -0.3 is 11.1 Å². The first-order chi connectivity index (χ1) is 10.8. The lowest BCUT2D eigenvalue weighted by atomic mass is 9.96. The van der Waals surface area contributed by atoms with Gasteiger partial charge in [-0.05, 0) is 84.6 Å². The zero-order valence-corrected chi connectivity index (χ0v) is 13.9. The van der Waals surface area contributed by atoms with E-state index in [1.54, 1.807) is 0 Å². The van der Waals surface area contributed by atoms with E-state index in [2.05, 4.69) is 40.3 Å². The van der Waals surface area contributed by atoms with Crippen LogP contribution in [0.15, 0.2) is 23.2 Å². The maximum atomic E-state index is 6.08. The van der Waals surface area contributed by atoms with Gasteiger partial charge >= 0.3 is 0 Å². The number of thioether (sulfide) groups is 1. The number of nitrogens with one attached hydrogen (secondary N) is 1. The molecular formula is C18H25N3S. The first-order valence-electron chi connectivity index (χ1n) is 8.52. The number of aryl methyl sites for hydroxylation is 2. The minimum atomic E-state index is 0.574. The highest BCUT2D eigenvalue weighted by Crippen LogP contribution is 2.60. The van der Waals surface area contributed by atoms with Crippen LogP contribution in [-0.4, -0.2) is 24.0 Å². The Morgan fingerprint density at radius 3 is 2.95 bits per heavy atom. The summed E-state index contributed by atoms with van der Waals surface area (Å²) in [4.78, 5) is 4.60. The molecule has 2 aliphatic carbocycles. The number of rotatable bonds is 3. The molecule has 4 rings (SSSR count). The van der Waals surface area contributed by atoms with E-state index in [4.69, 9.17) is 5.73 Å². The van der Waals surface area contributed by atoms with E-state index in [1.807, 2.05) is 0 Å². The second-order valence-electron chi connectivity index (χ2n) is 7.06. The molecule has 1 atom stereocenters. The summed E-state index contributed by atoms with van der Waals surface area (Å²) >= 11 is 2.10. The Kier molecular flexibility index (Phi) is 3.81. The largest absolute Gasteiger partial charge is 0.370 e. The molecule has 118 valence electrons. The van der Waals surface area contributed by atoms with Crippen LogP contribution in [0.25, 0.3) is 0 Å². The molecule has 0 bridgehead atoms. The summed E-state index contributed by atoms with van der Waals surface area (Å²) in [5.41, 5.74) is 10.8. The average Bonchev–Trinajstić information content (AvgIpc) is 2.97. The molecule has 1 spiro atoms. The maximum Gasteiger partial charge on any atom is 0.193 e. The first-order valence-corrected chi connectivity index (χ1v) is 9.67. The summed E-state index contributed by atoms with van der Waals surface area (Å²) in [5.74, 6) is 4.02. The number of nitrogens with zero attached hydrogens (tertiary/aromatic N) is 1. The molecule has 0 amide bonds. The minimum Gasteiger partial charge on any atom is -0.370 e. The van der Waals surface area contributed by atoms with Crippen molar-refractivity contribution in [3.8, 4) is 0 Å². The number of nitrogens with two attached hydrogens (primary N) is 1. The summed E-state index contributed by atoms with van der Waals surface area (Å²) < 4.78 is 0. The Bertz CT molecular complexity index is 590. The standard InChI is InChI=1S/C18H25N3S/c19-17(20-12-15-11-18(15)6-8-22-9-7-18)21-16-5-4-13-2-1-3-14(13)10-16/h4-5,10,15H,1-3,6-9,11-12H2,(H3,19,20,21).